The van der Waals surface area contributed by atoms with Crippen molar-refractivity contribution in [3.8, 4) is 0 Å². The van der Waals surface area contributed by atoms with Gasteiger partial charge in [-0.15, -0.1) is 0 Å². The Hall–Kier alpha value is -1.96. The van der Waals surface area contributed by atoms with Gasteiger partial charge in [0.1, 0.15) is 0 Å². The Balaban J connectivity index is 2.05. The van der Waals surface area contributed by atoms with Crippen LogP contribution >= 0.6 is 0 Å². The van der Waals surface area contributed by atoms with E-state index in [1.54, 1.807) is 12.1 Å². The van der Waals surface area contributed by atoms with Crippen LogP contribution in [0.4, 0.5) is 0 Å². The molecule has 4 rings (SSSR count). The summed E-state index contributed by atoms with van der Waals surface area (Å²) < 4.78 is 0. The van der Waals surface area contributed by atoms with Crippen molar-refractivity contribution in [2.75, 3.05) is 0 Å². The highest BCUT2D eigenvalue weighted by Gasteiger charge is 2.75. The molecule has 0 saturated heterocycles. The average molecular weight is 222 g/mol. The minimum atomic E-state index is -0.562. The number of benzene rings is 1. The molecule has 0 aromatic heterocycles. The van der Waals surface area contributed by atoms with E-state index >= 15 is 0 Å². The summed E-state index contributed by atoms with van der Waals surface area (Å²) in [5, 5.41) is 0. The topological polar surface area (TPSA) is 34.1 Å². The van der Waals surface area contributed by atoms with Crippen LogP contribution in [-0.2, 0) is 0 Å². The predicted molar refractivity (Wildman–Crippen MR) is 62.9 cm³/mol. The van der Waals surface area contributed by atoms with Crippen LogP contribution in [0, 0.1) is 10.8 Å². The Morgan fingerprint density at radius 3 is 1.76 bits per heavy atom. The van der Waals surface area contributed by atoms with E-state index < -0.39 is 10.8 Å². The zero-order chi connectivity index (χ0) is 11.7. The van der Waals surface area contributed by atoms with E-state index in [1.165, 1.54) is 0 Å². The first kappa shape index (κ1) is 9.11. The Labute approximate surface area is 98.6 Å². The van der Waals surface area contributed by atoms with Crippen molar-refractivity contribution in [1.82, 2.24) is 0 Å². The lowest BCUT2D eigenvalue weighted by molar-refractivity contribution is 0.0801. The molecule has 0 aliphatic heterocycles. The maximum Gasteiger partial charge on any atom is 0.174 e. The quantitative estimate of drug-likeness (QED) is 0.676. The third-order valence-corrected chi connectivity index (χ3v) is 4.33. The molecule has 0 spiro atoms. The second-order valence-electron chi connectivity index (χ2n) is 5.04. The lowest BCUT2D eigenvalue weighted by atomic mass is 9.72. The minimum Gasteiger partial charge on any atom is -0.293 e. The molecule has 2 heteroatoms. The summed E-state index contributed by atoms with van der Waals surface area (Å²) in [7, 11) is 0. The van der Waals surface area contributed by atoms with Crippen molar-refractivity contribution >= 4 is 11.6 Å². The molecule has 3 aliphatic rings. The molecule has 0 N–H and O–H groups in total. The molecule has 17 heavy (non-hydrogen) atoms. The maximum absolute atomic E-state index is 12.5. The van der Waals surface area contributed by atoms with Gasteiger partial charge in [-0.1, -0.05) is 48.6 Å². The number of allylic oxidation sites excluding steroid dienone is 4. The van der Waals surface area contributed by atoms with Gasteiger partial charge in [0.15, 0.2) is 11.6 Å². The molecule has 0 heterocycles. The number of hydrogen-bond acceptors (Lipinski definition) is 2. The number of ketones is 2. The SMILES string of the molecule is O=C1c2ccccc2C(=O)C23C=CC=CC12C3. The monoisotopic (exact) mass is 222 g/mol. The zero-order valence-electron chi connectivity index (χ0n) is 9.14. The fourth-order valence-corrected chi connectivity index (χ4v) is 3.33. The molecule has 0 radical (unpaired) electrons. The number of Topliss-reactive ketones (excluding diaryl/α,β-unsaturated/α-hetero) is 2. The first-order valence-electron chi connectivity index (χ1n) is 5.77. The molecular formula is C15H10O2. The number of fused-ring (bicyclic) bond motifs is 1. The zero-order valence-corrected chi connectivity index (χ0v) is 9.14. The Morgan fingerprint density at radius 1 is 0.824 bits per heavy atom. The van der Waals surface area contributed by atoms with E-state index in [2.05, 4.69) is 0 Å². The van der Waals surface area contributed by atoms with E-state index in [9.17, 15) is 9.59 Å². The molecule has 1 fully saturated rings. The Morgan fingerprint density at radius 2 is 1.29 bits per heavy atom. The number of hydrogen-bond donors (Lipinski definition) is 0. The van der Waals surface area contributed by atoms with Crippen molar-refractivity contribution in [1.29, 1.82) is 0 Å². The van der Waals surface area contributed by atoms with Gasteiger partial charge in [-0.05, 0) is 6.42 Å². The molecule has 82 valence electrons. The number of rotatable bonds is 0. The van der Waals surface area contributed by atoms with E-state index in [-0.39, 0.29) is 11.6 Å². The standard InChI is InChI=1S/C15H10O2/c16-12-10-5-1-2-6-11(10)13(17)15-8-4-3-7-14(12,15)9-15/h1-8H,9H2. The van der Waals surface area contributed by atoms with Gasteiger partial charge in [-0.3, -0.25) is 9.59 Å². The summed E-state index contributed by atoms with van der Waals surface area (Å²) in [4.78, 5) is 25.0. The Bertz CT molecular complexity index is 583. The van der Waals surface area contributed by atoms with Crippen LogP contribution in [0.15, 0.2) is 48.6 Å². The van der Waals surface area contributed by atoms with E-state index in [1.807, 2.05) is 36.4 Å². The third kappa shape index (κ3) is 0.781. The van der Waals surface area contributed by atoms with Crippen LogP contribution in [0.25, 0.3) is 0 Å². The smallest absolute Gasteiger partial charge is 0.174 e. The summed E-state index contributed by atoms with van der Waals surface area (Å²) in [6.45, 7) is 0. The second-order valence-corrected chi connectivity index (χ2v) is 5.04. The van der Waals surface area contributed by atoms with Gasteiger partial charge in [-0.25, -0.2) is 0 Å². The van der Waals surface area contributed by atoms with Crippen molar-refractivity contribution in [2.45, 2.75) is 6.42 Å². The van der Waals surface area contributed by atoms with E-state index in [4.69, 9.17) is 0 Å². The van der Waals surface area contributed by atoms with Gasteiger partial charge in [0.25, 0.3) is 0 Å². The summed E-state index contributed by atoms with van der Waals surface area (Å²) in [6.07, 6.45) is 8.21. The average Bonchev–Trinajstić information content (AvgIpc) is 3.08. The highest BCUT2D eigenvalue weighted by atomic mass is 16.1. The van der Waals surface area contributed by atoms with Crippen LogP contribution in [0.2, 0.25) is 0 Å². The fourth-order valence-electron chi connectivity index (χ4n) is 3.33. The van der Waals surface area contributed by atoms with Crippen LogP contribution in [-0.4, -0.2) is 11.6 Å². The van der Waals surface area contributed by atoms with Gasteiger partial charge in [0, 0.05) is 11.1 Å². The van der Waals surface area contributed by atoms with Gasteiger partial charge in [-0.2, -0.15) is 0 Å². The fraction of sp³-hybridized carbons (Fsp3) is 0.200. The van der Waals surface area contributed by atoms with Crippen molar-refractivity contribution in [2.24, 2.45) is 10.8 Å². The van der Waals surface area contributed by atoms with Crippen LogP contribution in [0.5, 0.6) is 0 Å². The van der Waals surface area contributed by atoms with Crippen molar-refractivity contribution < 1.29 is 9.59 Å². The number of carbonyl (C=O) groups is 2. The molecule has 1 aromatic carbocycles. The van der Waals surface area contributed by atoms with Crippen LogP contribution < -0.4 is 0 Å². The molecule has 2 unspecified atom stereocenters. The van der Waals surface area contributed by atoms with Crippen LogP contribution in [0.1, 0.15) is 27.1 Å². The lowest BCUT2D eigenvalue weighted by Gasteiger charge is -2.27. The maximum atomic E-state index is 12.5. The first-order valence-corrected chi connectivity index (χ1v) is 5.77. The van der Waals surface area contributed by atoms with Gasteiger partial charge < -0.3 is 0 Å². The lowest BCUT2D eigenvalue weighted by Crippen LogP contribution is -2.35. The van der Waals surface area contributed by atoms with Gasteiger partial charge in [0.2, 0.25) is 0 Å². The molecule has 1 saturated carbocycles. The summed E-state index contributed by atoms with van der Waals surface area (Å²) in [5.74, 6) is 0.210. The second kappa shape index (κ2) is 2.48. The molecule has 2 atom stereocenters. The predicted octanol–water partition coefficient (Wildman–Crippen LogP) is 2.57. The third-order valence-electron chi connectivity index (χ3n) is 4.33. The van der Waals surface area contributed by atoms with E-state index in [0.29, 0.717) is 17.5 Å². The van der Waals surface area contributed by atoms with Crippen LogP contribution in [0.3, 0.4) is 0 Å². The van der Waals surface area contributed by atoms with E-state index in [0.717, 1.165) is 0 Å². The first-order chi connectivity index (χ1) is 8.21. The van der Waals surface area contributed by atoms with Crippen molar-refractivity contribution in [3.63, 3.8) is 0 Å². The molecule has 0 bridgehead atoms. The molecule has 1 aromatic rings. The molecule has 3 aliphatic carbocycles. The van der Waals surface area contributed by atoms with Gasteiger partial charge in [0.05, 0.1) is 10.8 Å². The molecular weight excluding hydrogens is 212 g/mol. The van der Waals surface area contributed by atoms with Crippen molar-refractivity contribution in [3.05, 3.63) is 59.7 Å². The summed E-state index contributed by atoms with van der Waals surface area (Å²) in [6, 6.07) is 7.16. The van der Waals surface area contributed by atoms with Gasteiger partial charge >= 0.3 is 0 Å². The Kier molecular flexibility index (Phi) is 1.33. The normalized spacial score (nSPS) is 36.2. The number of carbonyl (C=O) groups excluding carboxylic acids is 2. The highest BCUT2D eigenvalue weighted by molar-refractivity contribution is 6.24. The summed E-state index contributed by atoms with van der Waals surface area (Å²) in [5.41, 5.74) is 0.0524. The minimum absolute atomic E-state index is 0.105. The summed E-state index contributed by atoms with van der Waals surface area (Å²) >= 11 is 0. The highest BCUT2D eigenvalue weighted by Crippen LogP contribution is 2.71. The largest absolute Gasteiger partial charge is 0.293 e. The molecule has 2 nitrogen and oxygen atoms in total. The molecule has 0 amide bonds.